The normalized spacial score (nSPS) is 21.8. The van der Waals surface area contributed by atoms with Crippen LogP contribution in [-0.2, 0) is 0 Å². The molecule has 0 aromatic carbocycles. The molecule has 1 aromatic heterocycles. The average Bonchev–Trinajstić information content (AvgIpc) is 2.53. The van der Waals surface area contributed by atoms with Crippen molar-refractivity contribution in [3.05, 3.63) is 23.9 Å². The second-order valence-electron chi connectivity index (χ2n) is 5.52. The van der Waals surface area contributed by atoms with Crippen molar-refractivity contribution >= 4 is 23.5 Å². The third-order valence-electron chi connectivity index (χ3n) is 3.89. The third-order valence-corrected chi connectivity index (χ3v) is 4.98. The van der Waals surface area contributed by atoms with Crippen LogP contribution in [0.15, 0.2) is 18.3 Å². The van der Waals surface area contributed by atoms with Gasteiger partial charge in [-0.2, -0.15) is 11.8 Å². The Bertz CT molecular complexity index is 467. The molecular formula is C16H25N3OS. The fraction of sp³-hybridized carbons (Fsp3) is 0.625. The van der Waals surface area contributed by atoms with E-state index in [0.717, 1.165) is 25.8 Å². The minimum Gasteiger partial charge on any atom is -0.369 e. The number of nitrogens with zero attached hydrogens (tertiary/aromatic N) is 1. The number of hydrogen-bond donors (Lipinski definition) is 2. The molecule has 4 nitrogen and oxygen atoms in total. The van der Waals surface area contributed by atoms with Crippen LogP contribution in [0.4, 0.5) is 5.82 Å². The second-order valence-corrected chi connectivity index (χ2v) is 6.66. The molecule has 1 fully saturated rings. The van der Waals surface area contributed by atoms with Gasteiger partial charge in [-0.1, -0.05) is 13.3 Å². The summed E-state index contributed by atoms with van der Waals surface area (Å²) >= 11 is 1.91. The quantitative estimate of drug-likeness (QED) is 0.846. The van der Waals surface area contributed by atoms with E-state index in [1.54, 1.807) is 6.20 Å². The molecule has 2 rings (SSSR count). The Balaban J connectivity index is 1.99. The molecule has 0 saturated heterocycles. The first-order valence-electron chi connectivity index (χ1n) is 7.77. The molecule has 1 amide bonds. The molecule has 0 bridgehead atoms. The largest absolute Gasteiger partial charge is 0.369 e. The predicted molar refractivity (Wildman–Crippen MR) is 90.0 cm³/mol. The molecule has 0 spiro atoms. The number of pyridine rings is 1. The van der Waals surface area contributed by atoms with Crippen LogP contribution in [0.2, 0.25) is 0 Å². The lowest BCUT2D eigenvalue weighted by molar-refractivity contribution is 0.0929. The number of amides is 1. The summed E-state index contributed by atoms with van der Waals surface area (Å²) in [4.78, 5) is 16.8. The lowest BCUT2D eigenvalue weighted by Gasteiger charge is -2.28. The summed E-state index contributed by atoms with van der Waals surface area (Å²) in [6.07, 6.45) is 9.51. The number of nitrogens with one attached hydrogen (secondary N) is 2. The Morgan fingerprint density at radius 3 is 3.10 bits per heavy atom. The SMILES string of the molecule is CCCNc1ncccc1C(=O)NC1CCCC(SC)C1. The Kier molecular flexibility index (Phi) is 6.36. The Morgan fingerprint density at radius 1 is 1.48 bits per heavy atom. The molecule has 2 N–H and O–H groups in total. The number of anilines is 1. The highest BCUT2D eigenvalue weighted by molar-refractivity contribution is 7.99. The minimum absolute atomic E-state index is 0.00606. The topological polar surface area (TPSA) is 54.0 Å². The van der Waals surface area contributed by atoms with E-state index < -0.39 is 0 Å². The van der Waals surface area contributed by atoms with E-state index in [1.165, 1.54) is 12.8 Å². The maximum atomic E-state index is 12.5. The number of carbonyl (C=O) groups excluding carboxylic acids is 1. The molecule has 5 heteroatoms. The van der Waals surface area contributed by atoms with Crippen molar-refractivity contribution in [1.29, 1.82) is 0 Å². The van der Waals surface area contributed by atoms with Crippen LogP contribution in [0.1, 0.15) is 49.4 Å². The maximum absolute atomic E-state index is 12.5. The lowest BCUT2D eigenvalue weighted by atomic mass is 9.94. The molecule has 1 heterocycles. The lowest BCUT2D eigenvalue weighted by Crippen LogP contribution is -2.39. The number of thioether (sulfide) groups is 1. The smallest absolute Gasteiger partial charge is 0.255 e. The number of aromatic nitrogens is 1. The van der Waals surface area contributed by atoms with E-state index in [-0.39, 0.29) is 5.91 Å². The maximum Gasteiger partial charge on any atom is 0.255 e. The van der Waals surface area contributed by atoms with E-state index in [1.807, 2.05) is 23.9 Å². The summed E-state index contributed by atoms with van der Waals surface area (Å²) in [5, 5.41) is 7.09. The van der Waals surface area contributed by atoms with Crippen molar-refractivity contribution in [2.45, 2.75) is 50.3 Å². The molecule has 116 valence electrons. The van der Waals surface area contributed by atoms with Gasteiger partial charge in [0.2, 0.25) is 0 Å². The van der Waals surface area contributed by atoms with Gasteiger partial charge in [0.25, 0.3) is 5.91 Å². The van der Waals surface area contributed by atoms with Crippen LogP contribution < -0.4 is 10.6 Å². The van der Waals surface area contributed by atoms with Crippen LogP contribution >= 0.6 is 11.8 Å². The van der Waals surface area contributed by atoms with Gasteiger partial charge in [0, 0.05) is 24.0 Å². The van der Waals surface area contributed by atoms with Gasteiger partial charge in [-0.05, 0) is 44.1 Å². The van der Waals surface area contributed by atoms with Gasteiger partial charge in [-0.15, -0.1) is 0 Å². The first-order chi connectivity index (χ1) is 10.2. The Morgan fingerprint density at radius 2 is 2.33 bits per heavy atom. The molecule has 0 aliphatic heterocycles. The molecule has 1 saturated carbocycles. The van der Waals surface area contributed by atoms with E-state index in [9.17, 15) is 4.79 Å². The van der Waals surface area contributed by atoms with E-state index >= 15 is 0 Å². The van der Waals surface area contributed by atoms with Gasteiger partial charge in [0.15, 0.2) is 0 Å². The molecule has 2 atom stereocenters. The Hall–Kier alpha value is -1.23. The molecule has 1 aliphatic carbocycles. The number of hydrogen-bond acceptors (Lipinski definition) is 4. The zero-order valence-corrected chi connectivity index (χ0v) is 13.7. The van der Waals surface area contributed by atoms with Gasteiger partial charge in [0.1, 0.15) is 5.82 Å². The van der Waals surface area contributed by atoms with Gasteiger partial charge >= 0.3 is 0 Å². The summed E-state index contributed by atoms with van der Waals surface area (Å²) < 4.78 is 0. The van der Waals surface area contributed by atoms with Gasteiger partial charge in [0.05, 0.1) is 5.56 Å². The van der Waals surface area contributed by atoms with Crippen molar-refractivity contribution in [2.24, 2.45) is 0 Å². The monoisotopic (exact) mass is 307 g/mol. The molecule has 2 unspecified atom stereocenters. The standard InChI is InChI=1S/C16H25N3OS/c1-3-9-17-15-14(8-5-10-18-15)16(20)19-12-6-4-7-13(11-12)21-2/h5,8,10,12-13H,3-4,6-7,9,11H2,1-2H3,(H,17,18)(H,19,20). The van der Waals surface area contributed by atoms with Crippen LogP contribution in [0.3, 0.4) is 0 Å². The first kappa shape index (κ1) is 16.1. The highest BCUT2D eigenvalue weighted by atomic mass is 32.2. The molecule has 0 radical (unpaired) electrons. The van der Waals surface area contributed by atoms with Crippen LogP contribution in [0.5, 0.6) is 0 Å². The molecule has 1 aliphatic rings. The number of rotatable bonds is 6. The third kappa shape index (κ3) is 4.63. The first-order valence-corrected chi connectivity index (χ1v) is 9.06. The summed E-state index contributed by atoms with van der Waals surface area (Å²) in [7, 11) is 0. The highest BCUT2D eigenvalue weighted by Crippen LogP contribution is 2.27. The zero-order valence-electron chi connectivity index (χ0n) is 12.9. The molecular weight excluding hydrogens is 282 g/mol. The number of carbonyl (C=O) groups is 1. The fourth-order valence-electron chi connectivity index (χ4n) is 2.73. The summed E-state index contributed by atoms with van der Waals surface area (Å²) in [6, 6.07) is 3.95. The fourth-order valence-corrected chi connectivity index (χ4v) is 3.55. The van der Waals surface area contributed by atoms with Crippen molar-refractivity contribution in [3.8, 4) is 0 Å². The Labute approximate surface area is 131 Å². The molecule has 1 aromatic rings. The average molecular weight is 307 g/mol. The predicted octanol–water partition coefficient (Wildman–Crippen LogP) is 3.31. The van der Waals surface area contributed by atoms with E-state index in [0.29, 0.717) is 22.7 Å². The van der Waals surface area contributed by atoms with Crippen molar-refractivity contribution in [2.75, 3.05) is 18.1 Å². The van der Waals surface area contributed by atoms with Gasteiger partial charge < -0.3 is 10.6 Å². The summed E-state index contributed by atoms with van der Waals surface area (Å²) in [6.45, 7) is 2.93. The van der Waals surface area contributed by atoms with Crippen molar-refractivity contribution in [1.82, 2.24) is 10.3 Å². The zero-order chi connectivity index (χ0) is 15.1. The second kappa shape index (κ2) is 8.27. The molecule has 21 heavy (non-hydrogen) atoms. The minimum atomic E-state index is -0.00606. The van der Waals surface area contributed by atoms with Crippen LogP contribution in [0, 0.1) is 0 Å². The van der Waals surface area contributed by atoms with Crippen molar-refractivity contribution in [3.63, 3.8) is 0 Å². The van der Waals surface area contributed by atoms with Gasteiger partial charge in [-0.25, -0.2) is 4.98 Å². The highest BCUT2D eigenvalue weighted by Gasteiger charge is 2.23. The van der Waals surface area contributed by atoms with Crippen LogP contribution in [-0.4, -0.2) is 35.0 Å². The summed E-state index contributed by atoms with van der Waals surface area (Å²) in [5.41, 5.74) is 0.650. The van der Waals surface area contributed by atoms with Crippen LogP contribution in [0.25, 0.3) is 0 Å². The summed E-state index contributed by atoms with van der Waals surface area (Å²) in [5.74, 6) is 0.683. The van der Waals surface area contributed by atoms with E-state index in [4.69, 9.17) is 0 Å². The van der Waals surface area contributed by atoms with Gasteiger partial charge in [-0.3, -0.25) is 4.79 Å². The van der Waals surface area contributed by atoms with Crippen molar-refractivity contribution < 1.29 is 4.79 Å². The van der Waals surface area contributed by atoms with E-state index in [2.05, 4.69) is 28.8 Å².